The van der Waals surface area contributed by atoms with Crippen molar-refractivity contribution >= 4 is 35.6 Å². The van der Waals surface area contributed by atoms with Crippen molar-refractivity contribution in [2.24, 2.45) is 0 Å². The quantitative estimate of drug-likeness (QED) is 0.364. The lowest BCUT2D eigenvalue weighted by Gasteiger charge is -2.27. The van der Waals surface area contributed by atoms with Gasteiger partial charge < -0.3 is 15.2 Å². The summed E-state index contributed by atoms with van der Waals surface area (Å²) in [5.41, 5.74) is 0.954. The van der Waals surface area contributed by atoms with Gasteiger partial charge in [0.05, 0.1) is 11.1 Å². The third-order valence-electron chi connectivity index (χ3n) is 4.28. The number of piperidine rings is 1. The molecule has 27 heavy (non-hydrogen) atoms. The van der Waals surface area contributed by atoms with Crippen molar-refractivity contribution in [3.05, 3.63) is 29.3 Å². The van der Waals surface area contributed by atoms with Crippen molar-refractivity contribution in [3.8, 4) is 0 Å². The number of anilines is 1. The molecule has 1 unspecified atom stereocenters. The fourth-order valence-corrected chi connectivity index (χ4v) is 3.07. The molecule has 1 aromatic rings. The maximum atomic E-state index is 12.8. The van der Waals surface area contributed by atoms with Gasteiger partial charge >= 0.3 is 0 Å². The van der Waals surface area contributed by atoms with E-state index in [0.29, 0.717) is 25.1 Å². The van der Waals surface area contributed by atoms with E-state index >= 15 is 0 Å². The van der Waals surface area contributed by atoms with E-state index in [0.717, 1.165) is 18.3 Å². The van der Waals surface area contributed by atoms with E-state index < -0.39 is 29.7 Å². The van der Waals surface area contributed by atoms with E-state index in [2.05, 4.69) is 10.6 Å². The molecule has 0 bridgehead atoms. The van der Waals surface area contributed by atoms with Crippen LogP contribution in [-0.2, 0) is 14.4 Å². The Morgan fingerprint density at radius 1 is 1.22 bits per heavy atom. The Balaban J connectivity index is 0.00000126. The number of carbonyl (C=O) groups excluding carboxylic acids is 5. The van der Waals surface area contributed by atoms with Gasteiger partial charge in [-0.2, -0.15) is 0 Å². The number of aliphatic hydroxyl groups is 1. The van der Waals surface area contributed by atoms with Gasteiger partial charge in [0.25, 0.3) is 11.8 Å². The molecule has 4 amide bonds. The van der Waals surface area contributed by atoms with Crippen LogP contribution in [0.1, 0.15) is 46.4 Å². The largest absolute Gasteiger partial charge is 0.400 e. The standard InChI is InChI=1S/C17H17N3O5.CH4O/c21-9-2-1-8-18-11-5-3-4-10-14(11)17(25)20(16(10)24)12-6-7-13(22)19-15(12)23;1-2/h3-5,9,12,18H,1-2,6-8H2,(H,19,22,23);2H,1H3. The molecule has 3 N–H and O–H groups in total. The Hall–Kier alpha value is -3.07. The lowest BCUT2D eigenvalue weighted by Crippen LogP contribution is -2.54. The summed E-state index contributed by atoms with van der Waals surface area (Å²) >= 11 is 0. The van der Waals surface area contributed by atoms with Gasteiger partial charge in [0.15, 0.2) is 0 Å². The molecule has 1 fully saturated rings. The Morgan fingerprint density at radius 2 is 1.96 bits per heavy atom. The maximum absolute atomic E-state index is 12.8. The van der Waals surface area contributed by atoms with Gasteiger partial charge in [0.2, 0.25) is 11.8 Å². The first-order valence-electron chi connectivity index (χ1n) is 8.51. The first-order valence-corrected chi connectivity index (χ1v) is 8.51. The van der Waals surface area contributed by atoms with Crippen LogP contribution in [0, 0.1) is 0 Å². The topological polar surface area (TPSA) is 133 Å². The molecule has 1 aromatic carbocycles. The van der Waals surface area contributed by atoms with Crippen LogP contribution in [-0.4, -0.2) is 59.6 Å². The van der Waals surface area contributed by atoms with E-state index in [-0.39, 0.29) is 24.0 Å². The Kier molecular flexibility index (Phi) is 6.78. The van der Waals surface area contributed by atoms with Crippen molar-refractivity contribution in [2.45, 2.75) is 31.7 Å². The van der Waals surface area contributed by atoms with E-state index in [1.165, 1.54) is 6.07 Å². The number of aldehydes is 1. The zero-order valence-corrected chi connectivity index (χ0v) is 14.9. The Labute approximate surface area is 155 Å². The molecule has 1 atom stereocenters. The normalized spacial score (nSPS) is 18.4. The second-order valence-corrected chi connectivity index (χ2v) is 5.91. The number of rotatable bonds is 6. The summed E-state index contributed by atoms with van der Waals surface area (Å²) in [5, 5.41) is 12.2. The number of hydrogen-bond acceptors (Lipinski definition) is 7. The zero-order valence-electron chi connectivity index (χ0n) is 14.9. The van der Waals surface area contributed by atoms with Crippen LogP contribution < -0.4 is 10.6 Å². The predicted octanol–water partition coefficient (Wildman–Crippen LogP) is 0.0873. The smallest absolute Gasteiger partial charge is 0.264 e. The van der Waals surface area contributed by atoms with Crippen LogP contribution in [0.2, 0.25) is 0 Å². The fraction of sp³-hybridized carbons (Fsp3) is 0.389. The van der Waals surface area contributed by atoms with Crippen molar-refractivity contribution in [1.82, 2.24) is 10.2 Å². The van der Waals surface area contributed by atoms with E-state index in [9.17, 15) is 24.0 Å². The third-order valence-corrected chi connectivity index (χ3v) is 4.28. The molecule has 2 heterocycles. The molecule has 0 aliphatic carbocycles. The lowest BCUT2D eigenvalue weighted by atomic mass is 10.0. The number of fused-ring (bicyclic) bond motifs is 1. The molecular weight excluding hydrogens is 354 g/mol. The monoisotopic (exact) mass is 375 g/mol. The van der Waals surface area contributed by atoms with Crippen LogP contribution in [0.5, 0.6) is 0 Å². The summed E-state index contributed by atoms with van der Waals surface area (Å²) in [7, 11) is 1.00. The minimum absolute atomic E-state index is 0.0839. The number of amides is 4. The van der Waals surface area contributed by atoms with E-state index in [4.69, 9.17) is 5.11 Å². The summed E-state index contributed by atoms with van der Waals surface area (Å²) < 4.78 is 0. The molecule has 0 spiro atoms. The summed E-state index contributed by atoms with van der Waals surface area (Å²) in [4.78, 5) is 60.0. The molecule has 2 aliphatic rings. The molecule has 2 aliphatic heterocycles. The first-order chi connectivity index (χ1) is 13.0. The number of nitrogens with one attached hydrogen (secondary N) is 2. The van der Waals surface area contributed by atoms with Crippen molar-refractivity contribution in [3.63, 3.8) is 0 Å². The highest BCUT2D eigenvalue weighted by Gasteiger charge is 2.45. The minimum Gasteiger partial charge on any atom is -0.400 e. The van der Waals surface area contributed by atoms with Gasteiger partial charge in [-0.1, -0.05) is 6.07 Å². The average molecular weight is 375 g/mol. The highest BCUT2D eigenvalue weighted by molar-refractivity contribution is 6.25. The van der Waals surface area contributed by atoms with Crippen LogP contribution in [0.25, 0.3) is 0 Å². The van der Waals surface area contributed by atoms with Gasteiger partial charge in [-0.25, -0.2) is 0 Å². The van der Waals surface area contributed by atoms with E-state index in [1.807, 2.05) is 0 Å². The number of unbranched alkanes of at least 4 members (excludes halogenated alkanes) is 1. The Morgan fingerprint density at radius 3 is 2.63 bits per heavy atom. The molecule has 9 nitrogen and oxygen atoms in total. The van der Waals surface area contributed by atoms with Gasteiger partial charge in [0.1, 0.15) is 12.3 Å². The highest BCUT2D eigenvalue weighted by atomic mass is 16.2. The van der Waals surface area contributed by atoms with Gasteiger partial charge in [-0.05, 0) is 25.0 Å². The van der Waals surface area contributed by atoms with Crippen LogP contribution in [0.15, 0.2) is 18.2 Å². The molecule has 9 heteroatoms. The summed E-state index contributed by atoms with van der Waals surface area (Å²) in [6.45, 7) is 0.481. The number of imide groups is 2. The SMILES string of the molecule is CO.O=CCCCNc1cccc2c1C(=O)N(C1CCC(=O)NC1=O)C2=O. The second-order valence-electron chi connectivity index (χ2n) is 5.91. The molecule has 3 rings (SSSR count). The van der Waals surface area contributed by atoms with Gasteiger partial charge in [-0.15, -0.1) is 0 Å². The third kappa shape index (κ3) is 4.03. The summed E-state index contributed by atoms with van der Waals surface area (Å²) in [6.07, 6.45) is 2.03. The first kappa shape index (κ1) is 20.2. The number of nitrogens with zero attached hydrogens (tertiary/aromatic N) is 1. The molecule has 0 aromatic heterocycles. The van der Waals surface area contributed by atoms with Crippen LogP contribution >= 0.6 is 0 Å². The lowest BCUT2D eigenvalue weighted by molar-refractivity contribution is -0.136. The van der Waals surface area contributed by atoms with Crippen molar-refractivity contribution in [2.75, 3.05) is 19.0 Å². The highest BCUT2D eigenvalue weighted by Crippen LogP contribution is 2.32. The summed E-state index contributed by atoms with van der Waals surface area (Å²) in [6, 6.07) is 3.89. The number of benzene rings is 1. The Bertz CT molecular complexity index is 776. The fourth-order valence-electron chi connectivity index (χ4n) is 3.07. The van der Waals surface area contributed by atoms with Crippen LogP contribution in [0.3, 0.4) is 0 Å². The average Bonchev–Trinajstić information content (AvgIpc) is 2.92. The minimum atomic E-state index is -0.979. The number of aliphatic hydroxyl groups excluding tert-OH is 1. The molecular formula is C18H21N3O6. The van der Waals surface area contributed by atoms with Crippen LogP contribution in [0.4, 0.5) is 5.69 Å². The zero-order chi connectivity index (χ0) is 20.0. The van der Waals surface area contributed by atoms with Gasteiger partial charge in [0, 0.05) is 32.2 Å². The van der Waals surface area contributed by atoms with Gasteiger partial charge in [-0.3, -0.25) is 29.4 Å². The summed E-state index contributed by atoms with van der Waals surface area (Å²) in [5.74, 6) is -2.12. The van der Waals surface area contributed by atoms with E-state index in [1.54, 1.807) is 12.1 Å². The molecule has 0 radical (unpaired) electrons. The molecule has 144 valence electrons. The molecule has 1 saturated heterocycles. The second kappa shape index (κ2) is 9.04. The maximum Gasteiger partial charge on any atom is 0.264 e. The number of hydrogen-bond donors (Lipinski definition) is 3. The van der Waals surface area contributed by atoms with Crippen molar-refractivity contribution < 1.29 is 29.1 Å². The van der Waals surface area contributed by atoms with Crippen molar-refractivity contribution in [1.29, 1.82) is 0 Å². The number of carbonyl (C=O) groups is 5. The molecule has 0 saturated carbocycles. The predicted molar refractivity (Wildman–Crippen MR) is 95.0 cm³/mol.